The molecular weight excluding hydrogens is 903 g/mol. The fourth-order valence-electron chi connectivity index (χ4n) is 9.32. The number of nitrogens with two attached hydrogens (primary N) is 3. The van der Waals surface area contributed by atoms with Gasteiger partial charge in [-0.15, -0.1) is 0 Å². The van der Waals surface area contributed by atoms with Crippen molar-refractivity contribution in [2.45, 2.75) is 94.4 Å². The summed E-state index contributed by atoms with van der Waals surface area (Å²) in [5.74, 6) is 2.73. The van der Waals surface area contributed by atoms with E-state index in [1.165, 1.54) is 0 Å². The van der Waals surface area contributed by atoms with Crippen molar-refractivity contribution >= 4 is 50.7 Å². The fourth-order valence-corrected chi connectivity index (χ4v) is 9.32. The Labute approximate surface area is 399 Å². The Morgan fingerprint density at radius 3 is 1.51 bits per heavy atom. The highest BCUT2D eigenvalue weighted by Crippen LogP contribution is 2.39. The minimum absolute atomic E-state index is 0.224. The lowest BCUT2D eigenvalue weighted by Crippen LogP contribution is -2.37. The lowest BCUT2D eigenvalue weighted by atomic mass is 10.1. The van der Waals surface area contributed by atoms with E-state index in [0.29, 0.717) is 71.1 Å². The Hall–Kier alpha value is -5.29. The average molecular weight is 968 g/mol. The van der Waals surface area contributed by atoms with Gasteiger partial charge in [0, 0.05) is 76.4 Å². The molecule has 0 amide bonds. The maximum absolute atomic E-state index is 6.15. The van der Waals surface area contributed by atoms with Gasteiger partial charge in [-0.1, -0.05) is 0 Å². The van der Waals surface area contributed by atoms with Crippen LogP contribution < -0.4 is 17.2 Å². The van der Waals surface area contributed by atoms with E-state index in [0.717, 1.165) is 16.9 Å². The zero-order valence-corrected chi connectivity index (χ0v) is 41.0. The predicted octanol–water partition coefficient (Wildman–Crippen LogP) is 2.08. The number of aromatic nitrogens is 10. The molecule has 0 aliphatic carbocycles. The Kier molecular flexibility index (Phi) is 16.9. The maximum Gasteiger partial charge on any atom is 0.167 e. The van der Waals surface area contributed by atoms with E-state index in [1.807, 2.05) is 35.2 Å². The topological polar surface area (TPSA) is 294 Å². The van der Waals surface area contributed by atoms with Gasteiger partial charge in [0.1, 0.15) is 94.9 Å². The minimum atomic E-state index is -0.441. The second kappa shape index (κ2) is 22.6. The van der Waals surface area contributed by atoms with Crippen molar-refractivity contribution in [3.05, 3.63) is 48.3 Å². The third-order valence-corrected chi connectivity index (χ3v) is 12.3. The van der Waals surface area contributed by atoms with Crippen molar-refractivity contribution in [1.82, 2.24) is 48.6 Å². The van der Waals surface area contributed by atoms with Crippen molar-refractivity contribution in [1.29, 1.82) is 0 Å². The molecular formula is C44H65N13O12. The van der Waals surface area contributed by atoms with Crippen molar-refractivity contribution in [2.75, 3.05) is 101 Å². The van der Waals surface area contributed by atoms with Crippen LogP contribution in [0, 0.1) is 20.8 Å². The van der Waals surface area contributed by atoms with E-state index in [9.17, 15) is 0 Å². The van der Waals surface area contributed by atoms with Crippen LogP contribution in [-0.2, 0) is 56.8 Å². The molecule has 12 atom stereocenters. The predicted molar refractivity (Wildman–Crippen MR) is 250 cm³/mol. The monoisotopic (exact) mass is 967 g/mol. The van der Waals surface area contributed by atoms with E-state index in [1.54, 1.807) is 94.1 Å². The van der Waals surface area contributed by atoms with Gasteiger partial charge in [0.25, 0.3) is 0 Å². The molecule has 3 aliphatic rings. The highest BCUT2D eigenvalue weighted by atomic mass is 16.6. The van der Waals surface area contributed by atoms with Gasteiger partial charge in [0.05, 0.1) is 37.2 Å². The number of ether oxygens (including phenoxy) is 12. The van der Waals surface area contributed by atoms with Gasteiger partial charge >= 0.3 is 0 Å². The highest BCUT2D eigenvalue weighted by Gasteiger charge is 2.49. The molecule has 6 unspecified atom stereocenters. The maximum atomic E-state index is 6.15. The summed E-state index contributed by atoms with van der Waals surface area (Å²) in [7, 11) is 14.7. The summed E-state index contributed by atoms with van der Waals surface area (Å²) >= 11 is 0. The van der Waals surface area contributed by atoms with E-state index in [4.69, 9.17) is 74.0 Å². The third kappa shape index (κ3) is 10.0. The number of hydrogen-bond acceptors (Lipinski definition) is 22. The number of nitrogens with zero attached hydrogens (tertiary/aromatic N) is 10. The van der Waals surface area contributed by atoms with Crippen LogP contribution in [0.15, 0.2) is 30.9 Å². The second-order valence-corrected chi connectivity index (χ2v) is 16.5. The lowest BCUT2D eigenvalue weighted by molar-refractivity contribution is -0.0644. The number of anilines is 3. The number of fused-ring (bicyclic) bond motifs is 3. The van der Waals surface area contributed by atoms with Crippen LogP contribution in [0.3, 0.4) is 0 Å². The molecule has 6 N–H and O–H groups in total. The molecule has 0 radical (unpaired) electrons. The van der Waals surface area contributed by atoms with Gasteiger partial charge in [0.15, 0.2) is 35.8 Å². The number of aryl methyl sites for hydroxylation is 3. The number of imidazole rings is 2. The molecule has 25 nitrogen and oxygen atoms in total. The Morgan fingerprint density at radius 1 is 0.507 bits per heavy atom. The summed E-state index contributed by atoms with van der Waals surface area (Å²) in [4.78, 5) is 30.5. The number of nitrogen functional groups attached to an aromatic ring is 3. The van der Waals surface area contributed by atoms with Gasteiger partial charge in [0.2, 0.25) is 0 Å². The minimum Gasteiger partial charge on any atom is -0.397 e. The first kappa shape index (κ1) is 51.6. The van der Waals surface area contributed by atoms with Crippen LogP contribution in [0.4, 0.5) is 17.3 Å². The number of hydrogen-bond donors (Lipinski definition) is 3. The lowest BCUT2D eigenvalue weighted by Gasteiger charge is -2.22. The molecule has 9 heterocycles. The largest absolute Gasteiger partial charge is 0.397 e. The van der Waals surface area contributed by atoms with Crippen LogP contribution in [0.2, 0.25) is 0 Å². The number of methoxy groups -OCH3 is 9. The third-order valence-electron chi connectivity index (χ3n) is 12.3. The first-order valence-corrected chi connectivity index (χ1v) is 22.1. The molecule has 25 heteroatoms. The van der Waals surface area contributed by atoms with Crippen molar-refractivity contribution < 1.29 is 56.8 Å². The molecule has 3 saturated heterocycles. The summed E-state index contributed by atoms with van der Waals surface area (Å²) in [5.41, 5.74) is 21.7. The van der Waals surface area contributed by atoms with Crippen LogP contribution in [0.5, 0.6) is 0 Å². The fraction of sp³-hybridized carbons (Fsp3) is 0.614. The van der Waals surface area contributed by atoms with Gasteiger partial charge in [-0.2, -0.15) is 0 Å². The van der Waals surface area contributed by atoms with Crippen molar-refractivity contribution in [3.8, 4) is 0 Å². The van der Waals surface area contributed by atoms with E-state index >= 15 is 0 Å². The molecule has 69 heavy (non-hydrogen) atoms. The normalized spacial score (nSPS) is 27.8. The van der Waals surface area contributed by atoms with Gasteiger partial charge in [-0.05, 0) is 32.9 Å². The SMILES string of the molecule is COC[C@H]1O[C@@H](n2c(C)nc3c(N)ccnc32)C(OC)C1OC.COC[C@H]1O[C@@H](n2ccc3c(N)nc(C)nc32)C(OC)C1OC.COC[C@H]1O[C@@H](n2cnc3c(N)nc(C)nc32)C(OC)C1OC. The van der Waals surface area contributed by atoms with Crippen molar-refractivity contribution in [2.24, 2.45) is 0 Å². The number of rotatable bonds is 15. The molecule has 3 aliphatic heterocycles. The van der Waals surface area contributed by atoms with Crippen LogP contribution in [0.1, 0.15) is 36.2 Å². The standard InChI is InChI=1S/2C15H22N4O4.C14H21N5O4/c1-8-17-13(16)9-5-6-19(14(9)18-8)15-12(22-4)11(21-3)10(23-15)7-20-2;1-8-18-11-9(16)5-6-17-14(11)19(8)15-13(22-4)12(21-3)10(23-15)7-20-2;1-7-17-12(15)9-13(18-7)19(6-16-9)14-11(22-4)10(21-3)8(23-14)5-20-2/h5-6,10-12,15H,7H2,1-4H3,(H2,16,17,18);5-6,10,12-13,15H,7H2,1-4H3,(H2,16,17);6,8,10-11,14H,5H2,1-4H3,(H2,15,17,18)/t10-,11?,12?,15-;10-,12?,13?,15-;8-,10?,11?,14-/m111/s1. The van der Waals surface area contributed by atoms with E-state index < -0.39 is 12.5 Å². The molecule has 0 bridgehead atoms. The molecule has 6 aromatic rings. The summed E-state index contributed by atoms with van der Waals surface area (Å²) in [6, 6.07) is 3.61. The summed E-state index contributed by atoms with van der Waals surface area (Å²) in [5, 5.41) is 0.790. The highest BCUT2D eigenvalue weighted by molar-refractivity contribution is 5.86. The van der Waals surface area contributed by atoms with Crippen molar-refractivity contribution in [3.63, 3.8) is 0 Å². The van der Waals surface area contributed by atoms with Gasteiger partial charge in [-0.3, -0.25) is 9.13 Å². The Bertz CT molecular complexity index is 2510. The summed E-state index contributed by atoms with van der Waals surface area (Å²) < 4.78 is 73.2. The molecule has 3 fully saturated rings. The smallest absolute Gasteiger partial charge is 0.167 e. The Morgan fingerprint density at radius 2 is 0.986 bits per heavy atom. The summed E-state index contributed by atoms with van der Waals surface area (Å²) in [6.07, 6.45) is 1.57. The van der Waals surface area contributed by atoms with Crippen LogP contribution in [-0.4, -0.2) is 187 Å². The zero-order valence-electron chi connectivity index (χ0n) is 41.0. The Balaban J connectivity index is 0.000000153. The summed E-state index contributed by atoms with van der Waals surface area (Å²) in [6.45, 7) is 6.71. The van der Waals surface area contributed by atoms with Crippen LogP contribution >= 0.6 is 0 Å². The second-order valence-electron chi connectivity index (χ2n) is 16.5. The molecule has 0 aromatic carbocycles. The molecule has 0 spiro atoms. The van der Waals surface area contributed by atoms with Crippen LogP contribution in [0.25, 0.3) is 33.4 Å². The average Bonchev–Trinajstić information content (AvgIpc) is 4.19. The van der Waals surface area contributed by atoms with Gasteiger partial charge < -0.3 is 78.6 Å². The van der Waals surface area contributed by atoms with E-state index in [2.05, 4.69) is 34.9 Å². The van der Waals surface area contributed by atoms with Gasteiger partial charge in [-0.25, -0.2) is 34.9 Å². The molecule has 378 valence electrons. The quantitative estimate of drug-likeness (QED) is 0.133. The number of pyridine rings is 1. The molecule has 9 rings (SSSR count). The molecule has 0 saturated carbocycles. The zero-order chi connectivity index (χ0) is 49.7. The van der Waals surface area contributed by atoms with E-state index in [-0.39, 0.29) is 61.2 Å². The molecule has 6 aromatic heterocycles. The first-order valence-electron chi connectivity index (χ1n) is 22.1. The first-order chi connectivity index (χ1) is 33.3.